The molecule has 3 aromatic rings. The molecule has 0 radical (unpaired) electrons. The predicted molar refractivity (Wildman–Crippen MR) is 106 cm³/mol. The van der Waals surface area contributed by atoms with Gasteiger partial charge in [0.05, 0.1) is 16.0 Å². The van der Waals surface area contributed by atoms with Crippen LogP contribution >= 0.6 is 23.4 Å². The van der Waals surface area contributed by atoms with Gasteiger partial charge in [-0.25, -0.2) is 9.97 Å². The summed E-state index contributed by atoms with van der Waals surface area (Å²) < 4.78 is 0. The fraction of sp³-hybridized carbons (Fsp3) is 0.333. The Morgan fingerprint density at radius 1 is 1.44 bits per heavy atom. The van der Waals surface area contributed by atoms with E-state index in [4.69, 9.17) is 27.6 Å². The lowest BCUT2D eigenvalue weighted by atomic mass is 10.3. The summed E-state index contributed by atoms with van der Waals surface area (Å²) in [7, 11) is 0. The largest absolute Gasteiger partial charge is 0.354 e. The van der Waals surface area contributed by atoms with Crippen molar-refractivity contribution >= 4 is 40.2 Å². The van der Waals surface area contributed by atoms with Gasteiger partial charge >= 0.3 is 0 Å². The summed E-state index contributed by atoms with van der Waals surface area (Å²) in [6.07, 6.45) is 4.93. The van der Waals surface area contributed by atoms with E-state index in [0.717, 1.165) is 47.7 Å². The van der Waals surface area contributed by atoms with E-state index in [1.807, 2.05) is 6.92 Å². The fourth-order valence-corrected chi connectivity index (χ4v) is 4.34. The number of hydrogen-bond donors (Lipinski definition) is 2. The Morgan fingerprint density at radius 2 is 2.30 bits per heavy atom. The van der Waals surface area contributed by atoms with Crippen molar-refractivity contribution in [2.75, 3.05) is 18.0 Å². The van der Waals surface area contributed by atoms with Crippen LogP contribution in [0.15, 0.2) is 28.5 Å². The molecule has 0 saturated carbocycles. The van der Waals surface area contributed by atoms with Crippen molar-refractivity contribution in [1.82, 2.24) is 19.9 Å². The van der Waals surface area contributed by atoms with Crippen LogP contribution in [-0.4, -0.2) is 39.1 Å². The standard InChI is InChI=1S/C18H18ClN7S/c1-2-13-15(19)14-16(23-13)24-18(25-17(14)26-4-3-11(21)9-26)27-12-5-10(6-20)7-22-8-12/h5,7-8,11H,2-4,9,21H2,1H3,(H,23,24,25). The number of hydrogen-bond acceptors (Lipinski definition) is 7. The lowest BCUT2D eigenvalue weighted by Crippen LogP contribution is -2.27. The molecule has 138 valence electrons. The topological polar surface area (TPSA) is 108 Å². The summed E-state index contributed by atoms with van der Waals surface area (Å²) in [5.41, 5.74) is 8.26. The van der Waals surface area contributed by atoms with E-state index in [0.29, 0.717) is 21.4 Å². The third-order valence-corrected chi connectivity index (χ3v) is 5.79. The van der Waals surface area contributed by atoms with E-state index >= 15 is 0 Å². The van der Waals surface area contributed by atoms with Gasteiger partial charge in [0, 0.05) is 42.1 Å². The molecule has 1 saturated heterocycles. The van der Waals surface area contributed by atoms with Crippen LogP contribution in [0.3, 0.4) is 0 Å². The molecule has 1 unspecified atom stereocenters. The highest BCUT2D eigenvalue weighted by Gasteiger charge is 2.26. The second-order valence-electron chi connectivity index (χ2n) is 6.44. The first-order valence-electron chi connectivity index (χ1n) is 8.70. The van der Waals surface area contributed by atoms with E-state index in [-0.39, 0.29) is 6.04 Å². The summed E-state index contributed by atoms with van der Waals surface area (Å²) in [5.74, 6) is 0.806. The highest BCUT2D eigenvalue weighted by molar-refractivity contribution is 7.99. The second-order valence-corrected chi connectivity index (χ2v) is 7.86. The first kappa shape index (κ1) is 18.0. The third-order valence-electron chi connectivity index (χ3n) is 4.55. The number of aromatic amines is 1. The maximum atomic E-state index is 9.07. The van der Waals surface area contributed by atoms with Gasteiger partial charge in [-0.3, -0.25) is 4.98 Å². The average molecular weight is 400 g/mol. The smallest absolute Gasteiger partial charge is 0.196 e. The van der Waals surface area contributed by atoms with Crippen LogP contribution in [0.25, 0.3) is 11.0 Å². The predicted octanol–water partition coefficient (Wildman–Crippen LogP) is 3.13. The van der Waals surface area contributed by atoms with E-state index in [1.165, 1.54) is 18.0 Å². The molecule has 0 aliphatic carbocycles. The van der Waals surface area contributed by atoms with Crippen LogP contribution in [0.2, 0.25) is 5.02 Å². The van der Waals surface area contributed by atoms with Gasteiger partial charge < -0.3 is 15.6 Å². The summed E-state index contributed by atoms with van der Waals surface area (Å²) in [4.78, 5) is 19.8. The molecule has 0 aromatic carbocycles. The number of aryl methyl sites for hydroxylation is 1. The van der Waals surface area contributed by atoms with Crippen LogP contribution in [0.1, 0.15) is 24.6 Å². The van der Waals surface area contributed by atoms with Crippen molar-refractivity contribution in [2.45, 2.75) is 35.9 Å². The molecule has 4 rings (SSSR count). The minimum absolute atomic E-state index is 0.131. The minimum atomic E-state index is 0.131. The van der Waals surface area contributed by atoms with Gasteiger partial charge in [-0.1, -0.05) is 18.5 Å². The number of pyridine rings is 1. The molecular formula is C18H18ClN7S. The Balaban J connectivity index is 1.80. The molecule has 3 aromatic heterocycles. The normalized spacial score (nSPS) is 16.8. The highest BCUT2D eigenvalue weighted by Crippen LogP contribution is 2.37. The molecule has 4 heterocycles. The molecule has 1 aliphatic rings. The molecule has 0 bridgehead atoms. The van der Waals surface area contributed by atoms with Gasteiger partial charge in [0.1, 0.15) is 17.5 Å². The Morgan fingerprint density at radius 3 is 3.00 bits per heavy atom. The third kappa shape index (κ3) is 3.46. The number of aromatic nitrogens is 4. The van der Waals surface area contributed by atoms with Crippen LogP contribution in [0.4, 0.5) is 5.82 Å². The maximum Gasteiger partial charge on any atom is 0.196 e. The molecular weight excluding hydrogens is 382 g/mol. The molecule has 3 N–H and O–H groups in total. The quantitative estimate of drug-likeness (QED) is 0.649. The van der Waals surface area contributed by atoms with Gasteiger partial charge in [-0.15, -0.1) is 0 Å². The zero-order chi connectivity index (χ0) is 19.0. The van der Waals surface area contributed by atoms with E-state index in [1.54, 1.807) is 12.3 Å². The number of nitriles is 1. The van der Waals surface area contributed by atoms with E-state index in [9.17, 15) is 0 Å². The Kier molecular flexibility index (Phi) is 4.91. The number of nitrogens with one attached hydrogen (secondary N) is 1. The Bertz CT molecular complexity index is 1040. The van der Waals surface area contributed by atoms with Gasteiger partial charge in [0.2, 0.25) is 0 Å². The van der Waals surface area contributed by atoms with Crippen LogP contribution < -0.4 is 10.6 Å². The first-order valence-corrected chi connectivity index (χ1v) is 9.90. The van der Waals surface area contributed by atoms with E-state index in [2.05, 4.69) is 25.9 Å². The van der Waals surface area contributed by atoms with Crippen LogP contribution in [0, 0.1) is 11.3 Å². The molecule has 0 amide bonds. The van der Waals surface area contributed by atoms with Crippen molar-refractivity contribution in [1.29, 1.82) is 5.26 Å². The van der Waals surface area contributed by atoms with Gasteiger partial charge in [-0.2, -0.15) is 5.26 Å². The first-order chi connectivity index (χ1) is 13.1. The van der Waals surface area contributed by atoms with Gasteiger partial charge in [0.25, 0.3) is 0 Å². The fourth-order valence-electron chi connectivity index (χ4n) is 3.21. The summed E-state index contributed by atoms with van der Waals surface area (Å²) in [6, 6.07) is 4.00. The summed E-state index contributed by atoms with van der Waals surface area (Å²) >= 11 is 7.98. The number of nitrogens with zero attached hydrogens (tertiary/aromatic N) is 5. The number of halogens is 1. The van der Waals surface area contributed by atoms with Crippen molar-refractivity contribution in [3.05, 3.63) is 34.7 Å². The van der Waals surface area contributed by atoms with Gasteiger partial charge in [-0.05, 0) is 30.7 Å². The van der Waals surface area contributed by atoms with E-state index < -0.39 is 0 Å². The molecule has 1 atom stereocenters. The molecule has 1 fully saturated rings. The number of rotatable bonds is 4. The second kappa shape index (κ2) is 7.35. The number of nitrogens with two attached hydrogens (primary N) is 1. The molecule has 1 aliphatic heterocycles. The van der Waals surface area contributed by atoms with Crippen LogP contribution in [-0.2, 0) is 6.42 Å². The summed E-state index contributed by atoms with van der Waals surface area (Å²) in [6.45, 7) is 3.63. The lowest BCUT2D eigenvalue weighted by Gasteiger charge is -2.18. The lowest BCUT2D eigenvalue weighted by molar-refractivity contribution is 0.751. The van der Waals surface area contributed by atoms with Crippen molar-refractivity contribution < 1.29 is 0 Å². The number of H-pyrrole nitrogens is 1. The number of anilines is 1. The monoisotopic (exact) mass is 399 g/mol. The summed E-state index contributed by atoms with van der Waals surface area (Å²) in [5, 5.41) is 11.2. The zero-order valence-corrected chi connectivity index (χ0v) is 16.3. The molecule has 9 heteroatoms. The average Bonchev–Trinajstić information content (AvgIpc) is 3.24. The van der Waals surface area contributed by atoms with Gasteiger partial charge in [0.15, 0.2) is 5.16 Å². The van der Waals surface area contributed by atoms with Crippen molar-refractivity contribution in [2.24, 2.45) is 5.73 Å². The molecule has 0 spiro atoms. The SMILES string of the molecule is CCc1[nH]c2nc(Sc3cncc(C#N)c3)nc(N3CCC(N)C3)c2c1Cl. The van der Waals surface area contributed by atoms with Crippen molar-refractivity contribution in [3.63, 3.8) is 0 Å². The Labute approximate surface area is 166 Å². The maximum absolute atomic E-state index is 9.07. The Hall–Kier alpha value is -2.34. The number of fused-ring (bicyclic) bond motifs is 1. The highest BCUT2D eigenvalue weighted by atomic mass is 35.5. The van der Waals surface area contributed by atoms with Crippen molar-refractivity contribution in [3.8, 4) is 6.07 Å². The van der Waals surface area contributed by atoms with Crippen LogP contribution in [0.5, 0.6) is 0 Å². The molecule has 27 heavy (non-hydrogen) atoms. The minimum Gasteiger partial charge on any atom is -0.354 e. The molecule has 7 nitrogen and oxygen atoms in total. The zero-order valence-electron chi connectivity index (χ0n) is 14.7.